The van der Waals surface area contributed by atoms with Gasteiger partial charge in [-0.25, -0.2) is 4.99 Å². The first kappa shape index (κ1) is 8.32. The van der Waals surface area contributed by atoms with Crippen molar-refractivity contribution in [3.63, 3.8) is 0 Å². The van der Waals surface area contributed by atoms with E-state index in [1.165, 1.54) is 0 Å². The van der Waals surface area contributed by atoms with Crippen LogP contribution in [0, 0.1) is 3.57 Å². The Labute approximate surface area is 78.6 Å². The molecule has 0 saturated heterocycles. The first-order chi connectivity index (χ1) is 5.18. The lowest BCUT2D eigenvalue weighted by molar-refractivity contribution is 1.41. The van der Waals surface area contributed by atoms with Crippen molar-refractivity contribution in [3.8, 4) is 0 Å². The third-order valence-electron chi connectivity index (χ3n) is 1.07. The van der Waals surface area contributed by atoms with Crippen molar-refractivity contribution in [1.82, 2.24) is 0 Å². The van der Waals surface area contributed by atoms with Crippen LogP contribution in [-0.4, -0.2) is 5.96 Å². The molecule has 0 bridgehead atoms. The smallest absolute Gasteiger partial charge is 0.191 e. The minimum atomic E-state index is 0.0898. The number of benzene rings is 1. The number of hydrogen-bond donors (Lipinski definition) is 2. The zero-order chi connectivity index (χ0) is 8.27. The van der Waals surface area contributed by atoms with Gasteiger partial charge in [-0.1, -0.05) is 6.07 Å². The minimum Gasteiger partial charge on any atom is -0.370 e. The summed E-state index contributed by atoms with van der Waals surface area (Å²) in [5, 5.41) is 0. The summed E-state index contributed by atoms with van der Waals surface area (Å²) in [5.41, 5.74) is 11.2. The summed E-state index contributed by atoms with van der Waals surface area (Å²) in [7, 11) is 0. The molecule has 58 valence electrons. The van der Waals surface area contributed by atoms with Gasteiger partial charge in [0.1, 0.15) is 0 Å². The van der Waals surface area contributed by atoms with E-state index in [0.717, 1.165) is 9.26 Å². The van der Waals surface area contributed by atoms with E-state index in [2.05, 4.69) is 27.6 Å². The van der Waals surface area contributed by atoms with Crippen molar-refractivity contribution in [2.75, 3.05) is 0 Å². The van der Waals surface area contributed by atoms with Gasteiger partial charge in [0.2, 0.25) is 0 Å². The summed E-state index contributed by atoms with van der Waals surface area (Å²) in [6.45, 7) is 0. The lowest BCUT2D eigenvalue weighted by atomic mass is 10.3. The molecule has 0 saturated carbocycles. The molecule has 1 aromatic carbocycles. The minimum absolute atomic E-state index is 0.0898. The number of halogens is 1. The molecule has 0 aliphatic rings. The van der Waals surface area contributed by atoms with E-state index in [-0.39, 0.29) is 5.96 Å². The molecule has 0 amide bonds. The van der Waals surface area contributed by atoms with Gasteiger partial charge >= 0.3 is 0 Å². The average Bonchev–Trinajstić information content (AvgIpc) is 1.85. The molecule has 11 heavy (non-hydrogen) atoms. The molecule has 4 N–H and O–H groups in total. The molecule has 0 atom stereocenters. The van der Waals surface area contributed by atoms with Crippen molar-refractivity contribution < 1.29 is 0 Å². The highest BCUT2D eigenvalue weighted by Gasteiger charge is 1.89. The summed E-state index contributed by atoms with van der Waals surface area (Å²) < 4.78 is 1.12. The summed E-state index contributed by atoms with van der Waals surface area (Å²) in [4.78, 5) is 3.89. The quantitative estimate of drug-likeness (QED) is 0.453. The molecule has 0 heterocycles. The molecule has 0 aliphatic heterocycles. The lowest BCUT2D eigenvalue weighted by Crippen LogP contribution is -2.21. The summed E-state index contributed by atoms with van der Waals surface area (Å²) in [5.74, 6) is 0.0898. The van der Waals surface area contributed by atoms with Gasteiger partial charge in [-0.15, -0.1) is 0 Å². The van der Waals surface area contributed by atoms with Crippen LogP contribution in [-0.2, 0) is 0 Å². The molecular formula is C7H8IN3. The molecule has 3 nitrogen and oxygen atoms in total. The molecule has 1 rings (SSSR count). The molecular weight excluding hydrogens is 253 g/mol. The van der Waals surface area contributed by atoms with E-state index < -0.39 is 0 Å². The normalized spacial score (nSPS) is 9.18. The molecule has 0 fully saturated rings. The Morgan fingerprint density at radius 2 is 2.09 bits per heavy atom. The Morgan fingerprint density at radius 1 is 1.36 bits per heavy atom. The Morgan fingerprint density at radius 3 is 2.64 bits per heavy atom. The number of nitrogens with zero attached hydrogens (tertiary/aromatic N) is 1. The SMILES string of the molecule is NC(N)=Nc1cccc(I)c1. The number of aliphatic imine (C=N–C) groups is 1. The third-order valence-corrected chi connectivity index (χ3v) is 1.74. The molecule has 0 aromatic heterocycles. The van der Waals surface area contributed by atoms with Gasteiger partial charge in [0.05, 0.1) is 5.69 Å². The van der Waals surface area contributed by atoms with Gasteiger partial charge in [0, 0.05) is 3.57 Å². The second kappa shape index (κ2) is 3.56. The van der Waals surface area contributed by atoms with Crippen LogP contribution in [0.2, 0.25) is 0 Å². The molecule has 4 heteroatoms. The third kappa shape index (κ3) is 2.75. The van der Waals surface area contributed by atoms with Crippen molar-refractivity contribution in [2.45, 2.75) is 0 Å². The molecule has 0 spiro atoms. The highest BCUT2D eigenvalue weighted by molar-refractivity contribution is 14.1. The van der Waals surface area contributed by atoms with Gasteiger partial charge < -0.3 is 11.5 Å². The predicted molar refractivity (Wildman–Crippen MR) is 54.6 cm³/mol. The topological polar surface area (TPSA) is 64.4 Å². The number of nitrogens with two attached hydrogens (primary N) is 2. The maximum absolute atomic E-state index is 5.20. The van der Waals surface area contributed by atoms with Crippen LogP contribution in [0.25, 0.3) is 0 Å². The van der Waals surface area contributed by atoms with Crippen molar-refractivity contribution in [1.29, 1.82) is 0 Å². The maximum Gasteiger partial charge on any atom is 0.191 e. The highest BCUT2D eigenvalue weighted by atomic mass is 127. The second-order valence-electron chi connectivity index (χ2n) is 2.02. The fourth-order valence-corrected chi connectivity index (χ4v) is 1.22. The van der Waals surface area contributed by atoms with Gasteiger partial charge in [0.25, 0.3) is 0 Å². The second-order valence-corrected chi connectivity index (χ2v) is 3.26. The van der Waals surface area contributed by atoms with E-state index in [1.54, 1.807) is 0 Å². The fraction of sp³-hybridized carbons (Fsp3) is 0. The summed E-state index contributed by atoms with van der Waals surface area (Å²) in [6, 6.07) is 7.64. The standard InChI is InChI=1S/C7H8IN3/c8-5-2-1-3-6(4-5)11-7(9)10/h1-4H,(H4,9,10,11). The first-order valence-electron chi connectivity index (χ1n) is 3.03. The molecule has 1 aromatic rings. The molecule has 0 unspecified atom stereocenters. The Bertz CT molecular complexity index is 279. The number of rotatable bonds is 1. The fourth-order valence-electron chi connectivity index (χ4n) is 0.695. The largest absolute Gasteiger partial charge is 0.370 e. The monoisotopic (exact) mass is 261 g/mol. The zero-order valence-corrected chi connectivity index (χ0v) is 7.95. The van der Waals surface area contributed by atoms with Crippen molar-refractivity contribution in [2.24, 2.45) is 16.5 Å². The highest BCUT2D eigenvalue weighted by Crippen LogP contribution is 2.14. The molecule has 0 aliphatic carbocycles. The Kier molecular flexibility index (Phi) is 2.70. The maximum atomic E-state index is 5.20. The summed E-state index contributed by atoms with van der Waals surface area (Å²) >= 11 is 2.20. The predicted octanol–water partition coefficient (Wildman–Crippen LogP) is 1.20. The summed E-state index contributed by atoms with van der Waals surface area (Å²) in [6.07, 6.45) is 0. The van der Waals surface area contributed by atoms with Gasteiger partial charge in [-0.2, -0.15) is 0 Å². The van der Waals surface area contributed by atoms with Gasteiger partial charge in [-0.3, -0.25) is 0 Å². The first-order valence-corrected chi connectivity index (χ1v) is 4.11. The van der Waals surface area contributed by atoms with E-state index in [9.17, 15) is 0 Å². The zero-order valence-electron chi connectivity index (χ0n) is 5.79. The molecule has 0 radical (unpaired) electrons. The Balaban J connectivity index is 2.97. The Hall–Kier alpha value is -0.780. The van der Waals surface area contributed by atoms with Gasteiger partial charge in [-0.05, 0) is 40.8 Å². The van der Waals surface area contributed by atoms with E-state index in [0.29, 0.717) is 0 Å². The number of guanidine groups is 1. The average molecular weight is 261 g/mol. The van der Waals surface area contributed by atoms with Gasteiger partial charge in [0.15, 0.2) is 5.96 Å². The van der Waals surface area contributed by atoms with Crippen molar-refractivity contribution in [3.05, 3.63) is 27.8 Å². The van der Waals surface area contributed by atoms with Crippen LogP contribution in [0.1, 0.15) is 0 Å². The lowest BCUT2D eigenvalue weighted by Gasteiger charge is -1.94. The van der Waals surface area contributed by atoms with Crippen LogP contribution in [0.3, 0.4) is 0 Å². The van der Waals surface area contributed by atoms with Crippen LogP contribution in [0.5, 0.6) is 0 Å². The van der Waals surface area contributed by atoms with E-state index >= 15 is 0 Å². The van der Waals surface area contributed by atoms with E-state index in [1.807, 2.05) is 24.3 Å². The van der Waals surface area contributed by atoms with Crippen LogP contribution >= 0.6 is 22.6 Å². The van der Waals surface area contributed by atoms with Crippen molar-refractivity contribution >= 4 is 34.2 Å². The number of hydrogen-bond acceptors (Lipinski definition) is 1. The van der Waals surface area contributed by atoms with Crippen LogP contribution < -0.4 is 11.5 Å². The van der Waals surface area contributed by atoms with E-state index in [4.69, 9.17) is 11.5 Å². The van der Waals surface area contributed by atoms with Crippen LogP contribution in [0.4, 0.5) is 5.69 Å². The van der Waals surface area contributed by atoms with Crippen LogP contribution in [0.15, 0.2) is 29.3 Å².